The summed E-state index contributed by atoms with van der Waals surface area (Å²) in [5, 5.41) is 12.7. The number of nitrogens with zero attached hydrogens (tertiary/aromatic N) is 1. The van der Waals surface area contributed by atoms with Crippen LogP contribution >= 0.6 is 0 Å². The Morgan fingerprint density at radius 3 is 2.29 bits per heavy atom. The zero-order valence-electron chi connectivity index (χ0n) is 16.6. The van der Waals surface area contributed by atoms with E-state index in [1.54, 1.807) is 20.8 Å². The Kier molecular flexibility index (Phi) is 10.8. The van der Waals surface area contributed by atoms with Gasteiger partial charge in [-0.05, 0) is 20.8 Å². The highest BCUT2D eigenvalue weighted by Crippen LogP contribution is 2.16. The second-order valence-corrected chi connectivity index (χ2v) is 6.91. The molecule has 28 heavy (non-hydrogen) atoms. The highest BCUT2D eigenvalue weighted by molar-refractivity contribution is 5.80. The molecule has 1 aliphatic heterocycles. The summed E-state index contributed by atoms with van der Waals surface area (Å²) >= 11 is 0. The Morgan fingerprint density at radius 2 is 1.71 bits per heavy atom. The number of aliphatic hydroxyl groups excluding tert-OH is 1. The highest BCUT2D eigenvalue weighted by Gasteiger charge is 2.32. The van der Waals surface area contributed by atoms with Crippen molar-refractivity contribution in [1.29, 1.82) is 0 Å². The van der Waals surface area contributed by atoms with Gasteiger partial charge in [-0.1, -0.05) is 0 Å². The molecule has 0 aromatic heterocycles. The van der Waals surface area contributed by atoms with E-state index in [4.69, 9.17) is 23.8 Å². The molecule has 1 atom stereocenters. The number of hydrogen-bond donors (Lipinski definition) is 2. The molecule has 0 aromatic carbocycles. The Hall–Kier alpha value is -1.95. The third kappa shape index (κ3) is 11.0. The highest BCUT2D eigenvalue weighted by atomic mass is 16.7. The molecule has 162 valence electrons. The maximum atomic E-state index is 11.5. The van der Waals surface area contributed by atoms with Gasteiger partial charge in [-0.2, -0.15) is 0 Å². The molecule has 1 fully saturated rings. The molecule has 2 N–H and O–H groups in total. The first-order valence-electron chi connectivity index (χ1n) is 9.10. The summed E-state index contributed by atoms with van der Waals surface area (Å²) in [5.41, 5.74) is -0.537. The standard InChI is InChI=1S/C17H30N2O9/c1-17(2,3)27-16(23)18-6-7-24-8-9-25-10-11-26-12-15(22)28-19-13(20)4-5-14(19)21/h13,20H,4-12H2,1-3H3,(H,18,23). The van der Waals surface area contributed by atoms with Gasteiger partial charge in [0.1, 0.15) is 12.2 Å². The van der Waals surface area contributed by atoms with E-state index in [1.807, 2.05) is 0 Å². The van der Waals surface area contributed by atoms with Crippen LogP contribution in [0.4, 0.5) is 4.79 Å². The number of nitrogens with one attached hydrogen (secondary N) is 1. The van der Waals surface area contributed by atoms with E-state index in [-0.39, 0.29) is 32.7 Å². The molecule has 0 bridgehead atoms. The van der Waals surface area contributed by atoms with Gasteiger partial charge in [0.25, 0.3) is 5.91 Å². The fraction of sp³-hybridized carbons (Fsp3) is 0.824. The number of hydroxylamine groups is 2. The van der Waals surface area contributed by atoms with E-state index in [2.05, 4.69) is 5.32 Å². The second kappa shape index (κ2) is 12.5. The van der Waals surface area contributed by atoms with Crippen molar-refractivity contribution in [3.05, 3.63) is 0 Å². The van der Waals surface area contributed by atoms with Gasteiger partial charge in [-0.15, -0.1) is 5.06 Å². The fourth-order valence-electron chi connectivity index (χ4n) is 2.03. The summed E-state index contributed by atoms with van der Waals surface area (Å²) in [5.74, 6) is -1.21. The van der Waals surface area contributed by atoms with E-state index in [0.29, 0.717) is 31.4 Å². The first-order valence-corrected chi connectivity index (χ1v) is 9.10. The number of ether oxygens (including phenoxy) is 4. The molecule has 1 heterocycles. The van der Waals surface area contributed by atoms with Crippen LogP contribution in [0.2, 0.25) is 0 Å². The van der Waals surface area contributed by atoms with Crippen molar-refractivity contribution in [2.45, 2.75) is 45.4 Å². The van der Waals surface area contributed by atoms with Gasteiger partial charge in [0, 0.05) is 19.4 Å². The minimum absolute atomic E-state index is 0.141. The lowest BCUT2D eigenvalue weighted by Crippen LogP contribution is -2.36. The molecule has 1 unspecified atom stereocenters. The summed E-state index contributed by atoms with van der Waals surface area (Å²) in [4.78, 5) is 38.9. The zero-order valence-corrected chi connectivity index (χ0v) is 16.6. The molecule has 0 saturated carbocycles. The van der Waals surface area contributed by atoms with Crippen molar-refractivity contribution in [2.24, 2.45) is 0 Å². The van der Waals surface area contributed by atoms with Gasteiger partial charge in [-0.25, -0.2) is 9.59 Å². The molecule has 0 aliphatic carbocycles. The predicted octanol–water partition coefficient (Wildman–Crippen LogP) is -0.0401. The summed E-state index contributed by atoms with van der Waals surface area (Å²) < 4.78 is 20.7. The Balaban J connectivity index is 1.88. The minimum atomic E-state index is -1.10. The third-order valence-electron chi connectivity index (χ3n) is 3.21. The largest absolute Gasteiger partial charge is 0.444 e. The van der Waals surface area contributed by atoms with Crippen molar-refractivity contribution in [1.82, 2.24) is 10.4 Å². The number of carbonyl (C=O) groups is 3. The van der Waals surface area contributed by atoms with Crippen LogP contribution in [0.25, 0.3) is 0 Å². The van der Waals surface area contributed by atoms with Gasteiger partial charge >= 0.3 is 12.1 Å². The van der Waals surface area contributed by atoms with Crippen molar-refractivity contribution in [2.75, 3.05) is 46.2 Å². The van der Waals surface area contributed by atoms with Crippen LogP contribution in [0.5, 0.6) is 0 Å². The molecule has 2 amide bonds. The Labute approximate surface area is 164 Å². The normalized spacial score (nSPS) is 16.9. The molecule has 1 saturated heterocycles. The maximum Gasteiger partial charge on any atom is 0.407 e. The van der Waals surface area contributed by atoms with Crippen LogP contribution in [0.15, 0.2) is 0 Å². The second-order valence-electron chi connectivity index (χ2n) is 6.91. The number of amides is 2. The van der Waals surface area contributed by atoms with Crippen LogP contribution in [0.3, 0.4) is 0 Å². The summed E-state index contributed by atoms with van der Waals surface area (Å²) in [6.07, 6.45) is -1.21. The first kappa shape index (κ1) is 24.1. The maximum absolute atomic E-state index is 11.5. The van der Waals surface area contributed by atoms with Gasteiger partial charge in [0.15, 0.2) is 6.23 Å². The zero-order chi connectivity index (χ0) is 21.0. The quantitative estimate of drug-likeness (QED) is 0.428. The molecule has 11 heteroatoms. The van der Waals surface area contributed by atoms with E-state index in [9.17, 15) is 19.5 Å². The number of alkyl carbamates (subject to hydrolysis) is 1. The summed E-state index contributed by atoms with van der Waals surface area (Å²) in [7, 11) is 0. The fourth-order valence-corrected chi connectivity index (χ4v) is 2.03. The molecular formula is C17H30N2O9. The van der Waals surface area contributed by atoms with E-state index in [1.165, 1.54) is 0 Å². The Morgan fingerprint density at radius 1 is 1.11 bits per heavy atom. The van der Waals surface area contributed by atoms with Gasteiger partial charge in [-0.3, -0.25) is 4.79 Å². The van der Waals surface area contributed by atoms with E-state index in [0.717, 1.165) is 0 Å². The minimum Gasteiger partial charge on any atom is -0.444 e. The van der Waals surface area contributed by atoms with Crippen molar-refractivity contribution in [3.8, 4) is 0 Å². The lowest BCUT2D eigenvalue weighted by atomic mass is 10.2. The van der Waals surface area contributed by atoms with Crippen molar-refractivity contribution >= 4 is 18.0 Å². The van der Waals surface area contributed by atoms with Crippen LogP contribution < -0.4 is 5.32 Å². The topological polar surface area (TPSA) is 133 Å². The van der Waals surface area contributed by atoms with Gasteiger partial charge in [0.2, 0.25) is 0 Å². The number of rotatable bonds is 12. The molecule has 0 aromatic rings. The Bertz CT molecular complexity index is 507. The predicted molar refractivity (Wildman–Crippen MR) is 94.9 cm³/mol. The van der Waals surface area contributed by atoms with Crippen molar-refractivity contribution in [3.63, 3.8) is 0 Å². The van der Waals surface area contributed by atoms with Gasteiger partial charge < -0.3 is 34.2 Å². The SMILES string of the molecule is CC(C)(C)OC(=O)NCCOCCOCCOCC(=O)ON1C(=O)CCC1O. The lowest BCUT2D eigenvalue weighted by Gasteiger charge is -2.19. The van der Waals surface area contributed by atoms with E-state index < -0.39 is 29.8 Å². The average molecular weight is 406 g/mol. The van der Waals surface area contributed by atoms with Crippen molar-refractivity contribution < 1.29 is 43.3 Å². The lowest BCUT2D eigenvalue weighted by molar-refractivity contribution is -0.223. The van der Waals surface area contributed by atoms with Gasteiger partial charge in [0.05, 0.1) is 33.0 Å². The molecule has 0 radical (unpaired) electrons. The van der Waals surface area contributed by atoms with Crippen LogP contribution in [0.1, 0.15) is 33.6 Å². The molecular weight excluding hydrogens is 376 g/mol. The van der Waals surface area contributed by atoms with Crippen LogP contribution in [0, 0.1) is 0 Å². The summed E-state index contributed by atoms with van der Waals surface area (Å²) in [6, 6.07) is 0. The average Bonchev–Trinajstić information content (AvgIpc) is 2.90. The summed E-state index contributed by atoms with van der Waals surface area (Å²) in [6.45, 7) is 6.72. The monoisotopic (exact) mass is 406 g/mol. The number of aliphatic hydroxyl groups is 1. The third-order valence-corrected chi connectivity index (χ3v) is 3.21. The number of carbonyl (C=O) groups excluding carboxylic acids is 3. The number of hydrogen-bond acceptors (Lipinski definition) is 9. The van der Waals surface area contributed by atoms with E-state index >= 15 is 0 Å². The molecule has 11 nitrogen and oxygen atoms in total. The molecule has 0 spiro atoms. The molecule has 1 rings (SSSR count). The first-order chi connectivity index (χ1) is 13.2. The smallest absolute Gasteiger partial charge is 0.407 e. The van der Waals surface area contributed by atoms with Crippen LogP contribution in [-0.4, -0.2) is 86.2 Å². The molecule has 1 aliphatic rings. The van der Waals surface area contributed by atoms with Crippen LogP contribution in [-0.2, 0) is 33.4 Å².